The van der Waals surface area contributed by atoms with E-state index >= 15 is 0 Å². The minimum Gasteiger partial charge on any atom is -0.496 e. The molecule has 3 aromatic carbocycles. The summed E-state index contributed by atoms with van der Waals surface area (Å²) in [7, 11) is 3.08. The average molecular weight is 512 g/mol. The van der Waals surface area contributed by atoms with Crippen molar-refractivity contribution in [2.24, 2.45) is 5.73 Å². The van der Waals surface area contributed by atoms with Crippen LogP contribution in [0.1, 0.15) is 37.4 Å². The Morgan fingerprint density at radius 3 is 2.61 bits per heavy atom. The van der Waals surface area contributed by atoms with Crippen LogP contribution in [0.2, 0.25) is 0 Å². The number of rotatable bonds is 7. The Hall–Kier alpha value is -4.79. The maximum atomic E-state index is 12.7. The van der Waals surface area contributed by atoms with Crippen LogP contribution in [0.5, 0.6) is 11.5 Å². The van der Waals surface area contributed by atoms with Gasteiger partial charge in [0.15, 0.2) is 0 Å². The summed E-state index contributed by atoms with van der Waals surface area (Å²) in [5.41, 5.74) is 11.8. The molecule has 1 aliphatic rings. The zero-order valence-corrected chi connectivity index (χ0v) is 21.5. The summed E-state index contributed by atoms with van der Waals surface area (Å²) in [5, 5.41) is 11.1. The highest BCUT2D eigenvalue weighted by atomic mass is 16.5. The predicted octanol–water partition coefficient (Wildman–Crippen LogP) is 4.20. The fourth-order valence-corrected chi connectivity index (χ4v) is 4.73. The maximum Gasteiger partial charge on any atom is 0.255 e. The first kappa shape index (κ1) is 24.9. The van der Waals surface area contributed by atoms with Crippen LogP contribution in [0.4, 0.5) is 11.5 Å². The van der Waals surface area contributed by atoms with Crippen LogP contribution in [0.15, 0.2) is 60.7 Å². The van der Waals surface area contributed by atoms with Crippen molar-refractivity contribution in [1.29, 1.82) is 0 Å². The second kappa shape index (κ2) is 10.3. The molecule has 1 aliphatic heterocycles. The molecule has 0 radical (unpaired) electrons. The number of benzene rings is 3. The minimum atomic E-state index is -0.584. The smallest absolute Gasteiger partial charge is 0.255 e. The highest BCUT2D eigenvalue weighted by Gasteiger charge is 2.27. The fraction of sp³-hybridized carbons (Fsp3) is 0.207. The molecule has 4 aromatic rings. The Balaban J connectivity index is 1.45. The number of carbonyl (C=O) groups excluding carboxylic acids is 2. The number of fused-ring (bicyclic) bond motifs is 2. The van der Waals surface area contributed by atoms with Gasteiger partial charge < -0.3 is 25.8 Å². The van der Waals surface area contributed by atoms with Gasteiger partial charge in [-0.25, -0.2) is 4.68 Å². The molecule has 5 rings (SSSR count). The van der Waals surface area contributed by atoms with Crippen molar-refractivity contribution in [2.45, 2.75) is 26.4 Å². The van der Waals surface area contributed by atoms with Gasteiger partial charge in [0.1, 0.15) is 28.6 Å². The van der Waals surface area contributed by atoms with Crippen molar-refractivity contribution in [3.8, 4) is 22.8 Å². The van der Waals surface area contributed by atoms with Crippen molar-refractivity contribution in [1.82, 2.24) is 15.1 Å². The van der Waals surface area contributed by atoms with Gasteiger partial charge in [-0.3, -0.25) is 9.59 Å². The number of carbonyl (C=O) groups is 2. The molecule has 0 atom stereocenters. The Bertz CT molecular complexity index is 1540. The quantitative estimate of drug-likeness (QED) is 0.342. The number of methoxy groups -OCH3 is 2. The Morgan fingerprint density at radius 1 is 1.05 bits per heavy atom. The first-order chi connectivity index (χ1) is 18.4. The van der Waals surface area contributed by atoms with Gasteiger partial charge in [-0.15, -0.1) is 0 Å². The number of ether oxygens (including phenoxy) is 2. The van der Waals surface area contributed by atoms with Crippen LogP contribution < -0.4 is 25.8 Å². The van der Waals surface area contributed by atoms with E-state index in [9.17, 15) is 9.59 Å². The molecule has 0 fully saturated rings. The first-order valence-corrected chi connectivity index (χ1v) is 12.2. The number of nitrogens with two attached hydrogens (primary N) is 1. The normalized spacial score (nSPS) is 12.0. The van der Waals surface area contributed by atoms with Gasteiger partial charge in [-0.05, 0) is 54.8 Å². The molecule has 4 N–H and O–H groups in total. The van der Waals surface area contributed by atoms with Crippen molar-refractivity contribution < 1.29 is 19.1 Å². The molecule has 2 amide bonds. The highest BCUT2D eigenvalue weighted by molar-refractivity contribution is 6.05. The number of primary amides is 1. The highest BCUT2D eigenvalue weighted by Crippen LogP contribution is 2.38. The van der Waals surface area contributed by atoms with Gasteiger partial charge >= 0.3 is 0 Å². The zero-order valence-electron chi connectivity index (χ0n) is 21.5. The van der Waals surface area contributed by atoms with Gasteiger partial charge in [-0.2, -0.15) is 5.10 Å². The molecule has 0 spiro atoms. The molecular weight excluding hydrogens is 482 g/mol. The lowest BCUT2D eigenvalue weighted by atomic mass is 10.0. The number of hydrogen-bond acceptors (Lipinski definition) is 6. The molecular formula is C29H29N5O4. The summed E-state index contributed by atoms with van der Waals surface area (Å²) < 4.78 is 12.7. The van der Waals surface area contributed by atoms with E-state index in [1.54, 1.807) is 30.0 Å². The molecule has 0 saturated heterocycles. The van der Waals surface area contributed by atoms with Crippen molar-refractivity contribution in [3.05, 3.63) is 88.5 Å². The number of amides is 2. The van der Waals surface area contributed by atoms with Gasteiger partial charge in [0.2, 0.25) is 0 Å². The van der Waals surface area contributed by atoms with Gasteiger partial charge in [0.25, 0.3) is 11.8 Å². The number of anilines is 2. The van der Waals surface area contributed by atoms with Crippen molar-refractivity contribution in [3.63, 3.8) is 0 Å². The fourth-order valence-electron chi connectivity index (χ4n) is 4.73. The summed E-state index contributed by atoms with van der Waals surface area (Å²) in [6.07, 6.45) is 0.762. The molecule has 2 heterocycles. The third-order valence-electron chi connectivity index (χ3n) is 6.63. The molecule has 0 saturated carbocycles. The van der Waals surface area contributed by atoms with E-state index in [-0.39, 0.29) is 12.5 Å². The number of nitrogens with zero attached hydrogens (tertiary/aromatic N) is 2. The van der Waals surface area contributed by atoms with E-state index in [0.29, 0.717) is 46.2 Å². The molecule has 38 heavy (non-hydrogen) atoms. The third-order valence-corrected chi connectivity index (χ3v) is 6.63. The molecule has 0 aliphatic carbocycles. The van der Waals surface area contributed by atoms with Crippen molar-refractivity contribution >= 4 is 23.3 Å². The second-order valence-corrected chi connectivity index (χ2v) is 9.11. The lowest BCUT2D eigenvalue weighted by molar-refractivity contribution is 0.0946. The summed E-state index contributed by atoms with van der Waals surface area (Å²) in [5.74, 6) is 0.745. The standard InChI is InChI=1S/C29H29N5O4/c1-17-8-11-22-19(14-17)12-13-34-28(32-22)25(27(30)35)26(33-34)20-10-9-18(15-24(20)38-3)16-31-29(36)21-6-4-5-7-23(21)37-2/h4-11,14-15,32H,12-13,16H2,1-3H3,(H2,30,35)(H,31,36). The number of hydrogen-bond donors (Lipinski definition) is 3. The van der Waals surface area contributed by atoms with Gasteiger partial charge in [0, 0.05) is 24.3 Å². The van der Waals surface area contributed by atoms with Crippen LogP contribution in [0, 0.1) is 6.92 Å². The van der Waals surface area contributed by atoms with Crippen LogP contribution in [0.25, 0.3) is 11.3 Å². The zero-order chi connectivity index (χ0) is 26.8. The minimum absolute atomic E-state index is 0.249. The van der Waals surface area contributed by atoms with E-state index in [1.807, 2.05) is 36.4 Å². The summed E-state index contributed by atoms with van der Waals surface area (Å²) in [4.78, 5) is 25.4. The Labute approximate surface area is 220 Å². The SMILES string of the molecule is COc1ccccc1C(=O)NCc1ccc(-c2nn3c(c2C(N)=O)Nc2ccc(C)cc2CC3)c(OC)c1. The van der Waals surface area contributed by atoms with Gasteiger partial charge in [-0.1, -0.05) is 35.9 Å². The molecule has 1 aromatic heterocycles. The first-order valence-electron chi connectivity index (χ1n) is 12.2. The topological polar surface area (TPSA) is 121 Å². The number of para-hydroxylation sites is 1. The lowest BCUT2D eigenvalue weighted by Gasteiger charge is -2.13. The molecule has 0 bridgehead atoms. The van der Waals surface area contributed by atoms with E-state index in [4.69, 9.17) is 20.3 Å². The van der Waals surface area contributed by atoms with Crippen LogP contribution in [-0.2, 0) is 19.5 Å². The van der Waals surface area contributed by atoms with Gasteiger partial charge in [0.05, 0.1) is 19.8 Å². The van der Waals surface area contributed by atoms with Crippen molar-refractivity contribution in [2.75, 3.05) is 19.5 Å². The molecule has 9 nitrogen and oxygen atoms in total. The van der Waals surface area contributed by atoms with Crippen LogP contribution in [0.3, 0.4) is 0 Å². The van der Waals surface area contributed by atoms with Crippen LogP contribution in [-0.4, -0.2) is 35.8 Å². The third kappa shape index (κ3) is 4.66. The van der Waals surface area contributed by atoms with E-state index in [1.165, 1.54) is 12.7 Å². The molecule has 9 heteroatoms. The summed E-state index contributed by atoms with van der Waals surface area (Å²) in [6, 6.07) is 18.7. The Morgan fingerprint density at radius 2 is 1.84 bits per heavy atom. The summed E-state index contributed by atoms with van der Waals surface area (Å²) >= 11 is 0. The van der Waals surface area contributed by atoms with E-state index < -0.39 is 5.91 Å². The number of aromatic nitrogens is 2. The van der Waals surface area contributed by atoms with E-state index in [2.05, 4.69) is 23.6 Å². The monoisotopic (exact) mass is 511 g/mol. The molecule has 194 valence electrons. The number of nitrogens with one attached hydrogen (secondary N) is 2. The second-order valence-electron chi connectivity index (χ2n) is 9.11. The molecule has 0 unspecified atom stereocenters. The predicted molar refractivity (Wildman–Crippen MR) is 145 cm³/mol. The van der Waals surface area contributed by atoms with Crippen LogP contribution >= 0.6 is 0 Å². The van der Waals surface area contributed by atoms with E-state index in [0.717, 1.165) is 23.2 Å². The average Bonchev–Trinajstić information content (AvgIpc) is 3.20. The summed E-state index contributed by atoms with van der Waals surface area (Å²) in [6.45, 7) is 2.92. The number of aryl methyl sites for hydroxylation is 3. The lowest BCUT2D eigenvalue weighted by Crippen LogP contribution is -2.23. The largest absolute Gasteiger partial charge is 0.496 e. The maximum absolute atomic E-state index is 12.7. The Kier molecular flexibility index (Phi) is 6.74.